The predicted octanol–water partition coefficient (Wildman–Crippen LogP) is 2.17. The van der Waals surface area contributed by atoms with Crippen LogP contribution in [0.25, 0.3) is 0 Å². The molecule has 0 amide bonds. The number of benzene rings is 1. The molecular weight excluding hydrogens is 216 g/mol. The van der Waals surface area contributed by atoms with E-state index in [0.717, 1.165) is 9.66 Å². The van der Waals surface area contributed by atoms with Crippen molar-refractivity contribution < 1.29 is 0 Å². The largest absolute Gasteiger partial charge is 0.0731 e. The second-order valence-corrected chi connectivity index (χ2v) is 4.15. The average Bonchev–Trinajstić information content (AvgIpc) is 1.97. The Morgan fingerprint density at radius 2 is 1.73 bits per heavy atom. The van der Waals surface area contributed by atoms with Crippen LogP contribution in [-0.4, -0.2) is 10.2 Å². The lowest BCUT2D eigenvalue weighted by Gasteiger charge is -2.09. The van der Waals surface area contributed by atoms with Crippen LogP contribution in [-0.2, 0) is 0 Å². The summed E-state index contributed by atoms with van der Waals surface area (Å²) in [5, 5.41) is 1.16. The van der Waals surface area contributed by atoms with Crippen molar-refractivity contribution in [1.29, 1.82) is 0 Å². The molecule has 0 heterocycles. The number of rotatable bonds is 0. The first-order valence-electron chi connectivity index (χ1n) is 3.52. The third kappa shape index (κ3) is 1.57. The molecule has 11 heavy (non-hydrogen) atoms. The summed E-state index contributed by atoms with van der Waals surface area (Å²) in [6.45, 7) is 6.38. The lowest BCUT2D eigenvalue weighted by molar-refractivity contribution is 1.28. The highest BCUT2D eigenvalue weighted by atomic mass is 79.9. The Morgan fingerprint density at radius 3 is 2.27 bits per heavy atom. The van der Waals surface area contributed by atoms with Gasteiger partial charge in [-0.15, -0.1) is 0 Å². The van der Waals surface area contributed by atoms with E-state index >= 15 is 0 Å². The van der Waals surface area contributed by atoms with Gasteiger partial charge in [-0.05, 0) is 43.5 Å². The molecule has 57 valence electrons. The molecule has 0 aliphatic heterocycles. The summed E-state index contributed by atoms with van der Waals surface area (Å²) in [6.07, 6.45) is 0. The summed E-state index contributed by atoms with van der Waals surface area (Å²) < 4.78 is 1.13. The van der Waals surface area contributed by atoms with E-state index in [1.165, 1.54) is 16.7 Å². The molecule has 0 spiro atoms. The minimum atomic E-state index is 1.13. The predicted molar refractivity (Wildman–Crippen MR) is 53.7 cm³/mol. The highest BCUT2D eigenvalue weighted by Gasteiger charge is 2.03. The highest BCUT2D eigenvalue weighted by Crippen LogP contribution is 2.16. The van der Waals surface area contributed by atoms with E-state index in [1.54, 1.807) is 0 Å². The van der Waals surface area contributed by atoms with Crippen molar-refractivity contribution in [3.05, 3.63) is 27.2 Å². The third-order valence-electron chi connectivity index (χ3n) is 2.11. The van der Waals surface area contributed by atoms with E-state index in [2.05, 4.69) is 53.0 Å². The molecule has 0 bridgehead atoms. The first-order valence-corrected chi connectivity index (χ1v) is 4.81. The van der Waals surface area contributed by atoms with Crippen LogP contribution >= 0.6 is 15.9 Å². The van der Waals surface area contributed by atoms with Gasteiger partial charge in [-0.2, -0.15) is 0 Å². The van der Waals surface area contributed by atoms with E-state index in [9.17, 15) is 0 Å². The molecule has 0 aromatic heterocycles. The second kappa shape index (κ2) is 3.11. The van der Waals surface area contributed by atoms with E-state index in [1.807, 2.05) is 0 Å². The molecule has 0 saturated heterocycles. The minimum absolute atomic E-state index is 1.13. The molecule has 0 fully saturated rings. The maximum atomic E-state index is 3.57. The number of aryl methyl sites for hydroxylation is 1. The van der Waals surface area contributed by atoms with Crippen molar-refractivity contribution >= 4 is 31.4 Å². The number of hydrogen-bond acceptors (Lipinski definition) is 0. The minimum Gasteiger partial charge on any atom is -0.0510 e. The van der Waals surface area contributed by atoms with Gasteiger partial charge < -0.3 is 0 Å². The van der Waals surface area contributed by atoms with Crippen LogP contribution in [0.5, 0.6) is 0 Å². The van der Waals surface area contributed by atoms with Crippen LogP contribution < -0.4 is 5.19 Å². The zero-order chi connectivity index (χ0) is 8.59. The van der Waals surface area contributed by atoms with E-state index in [0.29, 0.717) is 0 Å². The quantitative estimate of drug-likeness (QED) is 0.595. The molecular formula is C9H10BrSi. The molecule has 3 radical (unpaired) electrons. The summed E-state index contributed by atoms with van der Waals surface area (Å²) in [7, 11) is 3.57. The van der Waals surface area contributed by atoms with Gasteiger partial charge in [0.05, 0.1) is 10.2 Å². The van der Waals surface area contributed by atoms with Crippen molar-refractivity contribution in [2.75, 3.05) is 0 Å². The van der Waals surface area contributed by atoms with Gasteiger partial charge in [0.2, 0.25) is 0 Å². The molecule has 0 nitrogen and oxygen atoms in total. The van der Waals surface area contributed by atoms with Gasteiger partial charge in [-0.3, -0.25) is 0 Å². The Balaban J connectivity index is 3.46. The van der Waals surface area contributed by atoms with Crippen LogP contribution in [0.2, 0.25) is 0 Å². The monoisotopic (exact) mass is 225 g/mol. The van der Waals surface area contributed by atoms with Gasteiger partial charge in [0.1, 0.15) is 0 Å². The Labute approximate surface area is 79.6 Å². The van der Waals surface area contributed by atoms with Gasteiger partial charge >= 0.3 is 0 Å². The SMILES string of the molecule is Cc1cc(Br)c([Si])c(C)c1C. The van der Waals surface area contributed by atoms with E-state index in [-0.39, 0.29) is 0 Å². The Morgan fingerprint density at radius 1 is 1.18 bits per heavy atom. The first-order chi connectivity index (χ1) is 5.04. The van der Waals surface area contributed by atoms with Crippen molar-refractivity contribution in [1.82, 2.24) is 0 Å². The Hall–Kier alpha value is -0.0831. The van der Waals surface area contributed by atoms with Crippen molar-refractivity contribution in [3.8, 4) is 0 Å². The number of hydrogen-bond donors (Lipinski definition) is 0. The molecule has 0 N–H and O–H groups in total. The van der Waals surface area contributed by atoms with E-state index < -0.39 is 0 Å². The molecule has 0 unspecified atom stereocenters. The molecule has 2 heteroatoms. The molecule has 1 aromatic carbocycles. The van der Waals surface area contributed by atoms with Crippen molar-refractivity contribution in [2.45, 2.75) is 20.8 Å². The summed E-state index contributed by atoms with van der Waals surface area (Å²) >= 11 is 3.48. The fourth-order valence-electron chi connectivity index (χ4n) is 1.03. The van der Waals surface area contributed by atoms with Gasteiger partial charge in [0.25, 0.3) is 0 Å². The second-order valence-electron chi connectivity index (χ2n) is 2.80. The Kier molecular flexibility index (Phi) is 2.55. The summed E-state index contributed by atoms with van der Waals surface area (Å²) in [5.74, 6) is 0. The van der Waals surface area contributed by atoms with Gasteiger partial charge in [0, 0.05) is 4.47 Å². The molecule has 0 aliphatic rings. The van der Waals surface area contributed by atoms with Gasteiger partial charge in [-0.25, -0.2) is 0 Å². The topological polar surface area (TPSA) is 0 Å². The standard InChI is InChI=1S/C9H10BrSi/c1-5-4-8(10)9(11)7(3)6(5)2/h4H,1-3H3. The van der Waals surface area contributed by atoms with Crippen molar-refractivity contribution in [3.63, 3.8) is 0 Å². The fourth-order valence-corrected chi connectivity index (χ4v) is 1.93. The number of halogens is 1. The summed E-state index contributed by atoms with van der Waals surface area (Å²) in [6, 6.07) is 2.13. The van der Waals surface area contributed by atoms with Crippen LogP contribution in [0.1, 0.15) is 16.7 Å². The molecule has 0 saturated carbocycles. The van der Waals surface area contributed by atoms with Crippen molar-refractivity contribution in [2.24, 2.45) is 0 Å². The first kappa shape index (κ1) is 9.01. The molecule has 1 aromatic rings. The van der Waals surface area contributed by atoms with Crippen LogP contribution in [0, 0.1) is 20.8 Å². The normalized spacial score (nSPS) is 10.3. The zero-order valence-electron chi connectivity index (χ0n) is 6.96. The lowest BCUT2D eigenvalue weighted by Crippen LogP contribution is -2.11. The van der Waals surface area contributed by atoms with Gasteiger partial charge in [0.15, 0.2) is 0 Å². The maximum absolute atomic E-state index is 3.57. The summed E-state index contributed by atoms with van der Waals surface area (Å²) in [5.41, 5.74) is 4.00. The summed E-state index contributed by atoms with van der Waals surface area (Å²) in [4.78, 5) is 0. The van der Waals surface area contributed by atoms with E-state index in [4.69, 9.17) is 0 Å². The Bertz CT molecular complexity index is 266. The zero-order valence-corrected chi connectivity index (χ0v) is 9.54. The average molecular weight is 226 g/mol. The van der Waals surface area contributed by atoms with Crippen LogP contribution in [0.3, 0.4) is 0 Å². The molecule has 0 atom stereocenters. The molecule has 0 aliphatic carbocycles. The van der Waals surface area contributed by atoms with Crippen LogP contribution in [0.4, 0.5) is 0 Å². The maximum Gasteiger partial charge on any atom is 0.0731 e. The fraction of sp³-hybridized carbons (Fsp3) is 0.333. The molecule has 1 rings (SSSR count). The van der Waals surface area contributed by atoms with Gasteiger partial charge in [-0.1, -0.05) is 21.1 Å². The van der Waals surface area contributed by atoms with Crippen LogP contribution in [0.15, 0.2) is 10.5 Å². The highest BCUT2D eigenvalue weighted by molar-refractivity contribution is 9.10. The lowest BCUT2D eigenvalue weighted by atomic mass is 10.1. The third-order valence-corrected chi connectivity index (χ3v) is 3.75. The smallest absolute Gasteiger partial charge is 0.0510 e.